The van der Waals surface area contributed by atoms with Crippen LogP contribution in [0.2, 0.25) is 0 Å². The maximum Gasteiger partial charge on any atom is 0.425 e. The number of nitrogens with zero attached hydrogens (tertiary/aromatic N) is 2. The minimum atomic E-state index is -1.43. The molecule has 3 aliphatic rings. The van der Waals surface area contributed by atoms with Crippen molar-refractivity contribution in [2.45, 2.75) is 135 Å². The first kappa shape index (κ1) is 41.8. The highest BCUT2D eigenvalue weighted by molar-refractivity contribution is 6.00. The normalized spacial score (nSPS) is 39.6. The van der Waals surface area contributed by atoms with E-state index in [2.05, 4.69) is 5.43 Å². The van der Waals surface area contributed by atoms with E-state index in [1.165, 1.54) is 19.0 Å². The SMILES string of the molecule is CC[C@H]1OC(=O)[C@H](C)C(=O)[C@H](C)[C@@H](O[C@@H]2O[C@H](C)C[C@H](N(C)C)[C@H]2O)[C@](C)(OC)C[C@@H](C)C(=O)[C@H](C)[C@@H]2N(NCCc3ccccc3)C(=O)O[C@@]21C. The lowest BCUT2D eigenvalue weighted by Gasteiger charge is -2.47. The predicted molar refractivity (Wildman–Crippen MR) is 193 cm³/mol. The minimum Gasteiger partial charge on any atom is -0.458 e. The Morgan fingerprint density at radius 2 is 1.65 bits per heavy atom. The average Bonchev–Trinajstić information content (AvgIpc) is 3.37. The molecule has 13 atom stereocenters. The number of likely N-dealkylation sites (N-methyl/N-ethyl adjacent to an activating group) is 1. The van der Waals surface area contributed by atoms with E-state index in [0.717, 1.165) is 5.56 Å². The number of esters is 1. The molecule has 0 unspecified atom stereocenters. The number of carbonyl (C=O) groups is 4. The Hall–Kier alpha value is -2.94. The summed E-state index contributed by atoms with van der Waals surface area (Å²) in [5, 5.41) is 12.8. The summed E-state index contributed by atoms with van der Waals surface area (Å²) in [6.45, 7) is 14.2. The van der Waals surface area contributed by atoms with Crippen molar-refractivity contribution in [2.75, 3.05) is 27.7 Å². The van der Waals surface area contributed by atoms with E-state index in [-0.39, 0.29) is 30.8 Å². The van der Waals surface area contributed by atoms with Gasteiger partial charge < -0.3 is 33.7 Å². The van der Waals surface area contributed by atoms with Gasteiger partial charge in [-0.2, -0.15) is 0 Å². The second kappa shape index (κ2) is 17.0. The molecule has 2 N–H and O–H groups in total. The third-order valence-electron chi connectivity index (χ3n) is 11.6. The number of ether oxygens (including phenoxy) is 5. The van der Waals surface area contributed by atoms with Crippen LogP contribution in [0, 0.1) is 23.7 Å². The summed E-state index contributed by atoms with van der Waals surface area (Å²) in [4.78, 5) is 58.2. The van der Waals surface area contributed by atoms with Crippen LogP contribution in [-0.4, -0.2) is 120 Å². The highest BCUT2D eigenvalue weighted by atomic mass is 16.7. The molecule has 0 radical (unpaired) electrons. The van der Waals surface area contributed by atoms with E-state index >= 15 is 0 Å². The smallest absolute Gasteiger partial charge is 0.425 e. The number of hydrogen-bond donors (Lipinski definition) is 2. The summed E-state index contributed by atoms with van der Waals surface area (Å²) in [5.74, 6) is -5.02. The van der Waals surface area contributed by atoms with Gasteiger partial charge in [-0.1, -0.05) is 58.0 Å². The molecule has 3 aliphatic heterocycles. The van der Waals surface area contributed by atoms with Gasteiger partial charge in [0.2, 0.25) is 0 Å². The number of amides is 1. The van der Waals surface area contributed by atoms with Gasteiger partial charge in [-0.05, 0) is 73.0 Å². The van der Waals surface area contributed by atoms with Crippen LogP contribution in [-0.2, 0) is 44.5 Å². The van der Waals surface area contributed by atoms with E-state index in [1.54, 1.807) is 41.5 Å². The minimum absolute atomic E-state index is 0.125. The van der Waals surface area contributed by atoms with Crippen LogP contribution >= 0.6 is 0 Å². The van der Waals surface area contributed by atoms with Crippen LogP contribution in [0.3, 0.4) is 0 Å². The Balaban J connectivity index is 1.74. The molecule has 292 valence electrons. The number of benzene rings is 1. The number of hydrogen-bond acceptors (Lipinski definition) is 12. The molecule has 1 aromatic carbocycles. The fourth-order valence-electron chi connectivity index (χ4n) is 8.50. The second-order valence-corrected chi connectivity index (χ2v) is 15.7. The standard InChI is InChI=1S/C39H61N3O10/c1-12-29-39(8)33(42(37(47)52-39)40-19-18-27-16-14-13-15-17-27)24(4)30(43)22(2)21-38(7,48-11)34(25(5)31(44)26(6)35(46)50-29)51-36-32(45)28(41(9)10)20-23(3)49-36/h13-17,22-26,28-29,32-34,36,40,45H,12,18-21H2,1-11H3/t22-,23-,24+,25+,26-,28+,29-,32-,33+,34-,36+,38-,39-/m1/s1. The van der Waals surface area contributed by atoms with E-state index in [0.29, 0.717) is 19.4 Å². The molecule has 0 aliphatic carbocycles. The Morgan fingerprint density at radius 3 is 2.25 bits per heavy atom. The molecule has 3 fully saturated rings. The maximum atomic E-state index is 14.6. The number of Topliss-reactive ketones (excluding diaryl/α,β-unsaturated/α-hetero) is 2. The molecule has 13 heteroatoms. The van der Waals surface area contributed by atoms with E-state index in [9.17, 15) is 24.3 Å². The fraction of sp³-hybridized carbons (Fsp3) is 0.744. The first-order valence-electron chi connectivity index (χ1n) is 18.7. The topological polar surface area (TPSA) is 153 Å². The molecule has 1 amide bonds. The van der Waals surface area contributed by atoms with Crippen molar-refractivity contribution in [1.82, 2.24) is 15.3 Å². The summed E-state index contributed by atoms with van der Waals surface area (Å²) in [7, 11) is 5.23. The molecular formula is C39H61N3O10. The van der Waals surface area contributed by atoms with Crippen LogP contribution in [0.5, 0.6) is 0 Å². The summed E-state index contributed by atoms with van der Waals surface area (Å²) in [6.07, 6.45) is -3.55. The number of cyclic esters (lactones) is 1. The molecule has 0 saturated carbocycles. The molecule has 4 rings (SSSR count). The molecule has 3 saturated heterocycles. The molecule has 0 aromatic heterocycles. The summed E-state index contributed by atoms with van der Waals surface area (Å²) >= 11 is 0. The average molecular weight is 732 g/mol. The van der Waals surface area contributed by atoms with Gasteiger partial charge in [-0.3, -0.25) is 14.4 Å². The third-order valence-corrected chi connectivity index (χ3v) is 11.6. The molecule has 0 spiro atoms. The number of rotatable bonds is 9. The first-order chi connectivity index (χ1) is 24.4. The molecule has 3 heterocycles. The highest BCUT2D eigenvalue weighted by Crippen LogP contribution is 2.42. The van der Waals surface area contributed by atoms with Crippen LogP contribution in [0.15, 0.2) is 30.3 Å². The molecule has 13 nitrogen and oxygen atoms in total. The van der Waals surface area contributed by atoms with Gasteiger partial charge in [0.05, 0.1) is 17.8 Å². The number of carbonyl (C=O) groups excluding carboxylic acids is 4. The number of nitrogens with one attached hydrogen (secondary N) is 1. The zero-order valence-electron chi connectivity index (χ0n) is 32.8. The van der Waals surface area contributed by atoms with E-state index in [1.807, 2.05) is 56.3 Å². The van der Waals surface area contributed by atoms with Crippen molar-refractivity contribution in [1.29, 1.82) is 0 Å². The van der Waals surface area contributed by atoms with Gasteiger partial charge in [0.1, 0.15) is 30.0 Å². The Labute approximate surface area is 309 Å². The van der Waals surface area contributed by atoms with Crippen molar-refractivity contribution in [3.8, 4) is 0 Å². The lowest BCUT2D eigenvalue weighted by atomic mass is 9.73. The van der Waals surface area contributed by atoms with Crippen molar-refractivity contribution >= 4 is 23.6 Å². The number of fused-ring (bicyclic) bond motifs is 1. The van der Waals surface area contributed by atoms with Crippen molar-refractivity contribution in [3.63, 3.8) is 0 Å². The lowest BCUT2D eigenvalue weighted by Crippen LogP contribution is -2.61. The number of hydrazine groups is 1. The number of aliphatic hydroxyl groups excluding tert-OH is 1. The molecule has 1 aromatic rings. The summed E-state index contributed by atoms with van der Waals surface area (Å²) < 4.78 is 31.0. The van der Waals surface area contributed by atoms with Gasteiger partial charge >= 0.3 is 12.1 Å². The monoisotopic (exact) mass is 731 g/mol. The Bertz CT molecular complexity index is 1410. The highest BCUT2D eigenvalue weighted by Gasteiger charge is 2.61. The van der Waals surface area contributed by atoms with E-state index < -0.39 is 83.4 Å². The van der Waals surface area contributed by atoms with Gasteiger partial charge in [-0.25, -0.2) is 15.2 Å². The van der Waals surface area contributed by atoms with Gasteiger partial charge in [-0.15, -0.1) is 0 Å². The predicted octanol–water partition coefficient (Wildman–Crippen LogP) is 3.94. The Morgan fingerprint density at radius 1 is 1.00 bits per heavy atom. The van der Waals surface area contributed by atoms with Crippen LogP contribution in [0.25, 0.3) is 0 Å². The molecular weight excluding hydrogens is 670 g/mol. The fourth-order valence-corrected chi connectivity index (χ4v) is 8.50. The largest absolute Gasteiger partial charge is 0.458 e. The second-order valence-electron chi connectivity index (χ2n) is 15.7. The van der Waals surface area contributed by atoms with Gasteiger partial charge in [0, 0.05) is 37.5 Å². The van der Waals surface area contributed by atoms with Crippen molar-refractivity contribution in [3.05, 3.63) is 35.9 Å². The number of aliphatic hydroxyl groups is 1. The van der Waals surface area contributed by atoms with Crippen LogP contribution < -0.4 is 5.43 Å². The third kappa shape index (κ3) is 8.55. The number of ketones is 2. The van der Waals surface area contributed by atoms with E-state index in [4.69, 9.17) is 23.7 Å². The zero-order valence-corrected chi connectivity index (χ0v) is 32.8. The van der Waals surface area contributed by atoms with Crippen molar-refractivity contribution < 1.29 is 48.0 Å². The Kier molecular flexibility index (Phi) is 13.7. The summed E-state index contributed by atoms with van der Waals surface area (Å²) in [6, 6.07) is 8.66. The zero-order chi connectivity index (χ0) is 38.7. The molecule has 0 bridgehead atoms. The van der Waals surface area contributed by atoms with Gasteiger partial charge in [0.15, 0.2) is 17.7 Å². The summed E-state index contributed by atoms with van der Waals surface area (Å²) in [5.41, 5.74) is 1.58. The maximum absolute atomic E-state index is 14.6. The quantitative estimate of drug-likeness (QED) is 0.280. The molecule has 52 heavy (non-hydrogen) atoms. The van der Waals surface area contributed by atoms with Crippen LogP contribution in [0.4, 0.5) is 4.79 Å². The van der Waals surface area contributed by atoms with Crippen molar-refractivity contribution in [2.24, 2.45) is 23.7 Å². The van der Waals surface area contributed by atoms with Gasteiger partial charge in [0.25, 0.3) is 0 Å². The first-order valence-corrected chi connectivity index (χ1v) is 18.7. The number of methoxy groups -OCH3 is 1. The van der Waals surface area contributed by atoms with Crippen LogP contribution in [0.1, 0.15) is 80.2 Å². The lowest BCUT2D eigenvalue weighted by molar-refractivity contribution is -0.295.